The van der Waals surface area contributed by atoms with E-state index in [4.69, 9.17) is 24.2 Å². The molecule has 0 radical (unpaired) electrons. The summed E-state index contributed by atoms with van der Waals surface area (Å²) in [6, 6.07) is 13.7. The van der Waals surface area contributed by atoms with Crippen molar-refractivity contribution < 1.29 is 23.8 Å². The van der Waals surface area contributed by atoms with Gasteiger partial charge in [-0.25, -0.2) is 9.97 Å². The first-order valence-corrected chi connectivity index (χ1v) is 15.5. The molecule has 10 heteroatoms. The number of imidazole rings is 1. The maximum atomic E-state index is 14.2. The number of hydrogen-bond acceptors (Lipinski definition) is 7. The summed E-state index contributed by atoms with van der Waals surface area (Å²) < 4.78 is 19.5. The molecule has 2 amide bonds. The normalized spacial score (nSPS) is 19.8. The predicted octanol–water partition coefficient (Wildman–Crippen LogP) is 5.44. The van der Waals surface area contributed by atoms with Gasteiger partial charge in [0.1, 0.15) is 11.9 Å². The molecule has 1 saturated carbocycles. The molecule has 1 unspecified atom stereocenters. The van der Waals surface area contributed by atoms with Crippen molar-refractivity contribution in [3.05, 3.63) is 59.4 Å². The Morgan fingerprint density at radius 3 is 2.65 bits per heavy atom. The van der Waals surface area contributed by atoms with Crippen molar-refractivity contribution in [3.8, 4) is 17.3 Å². The van der Waals surface area contributed by atoms with E-state index in [-0.39, 0.29) is 24.1 Å². The second kappa shape index (κ2) is 14.6. The zero-order valence-corrected chi connectivity index (χ0v) is 25.5. The fraction of sp³-hybridized carbons (Fsp3) is 0.515. The molecule has 0 spiro atoms. The Labute approximate surface area is 253 Å². The summed E-state index contributed by atoms with van der Waals surface area (Å²) in [5.41, 5.74) is 2.83. The average Bonchev–Trinajstić information content (AvgIpc) is 3.34. The van der Waals surface area contributed by atoms with E-state index in [2.05, 4.69) is 12.2 Å². The van der Waals surface area contributed by atoms with Crippen molar-refractivity contribution in [3.63, 3.8) is 0 Å². The second-order valence-electron chi connectivity index (χ2n) is 11.5. The molecule has 43 heavy (non-hydrogen) atoms. The van der Waals surface area contributed by atoms with Crippen molar-refractivity contribution in [1.29, 1.82) is 0 Å². The smallest absolute Gasteiger partial charge is 0.274 e. The van der Waals surface area contributed by atoms with Crippen molar-refractivity contribution in [2.24, 2.45) is 5.92 Å². The summed E-state index contributed by atoms with van der Waals surface area (Å²) in [6.07, 6.45) is 6.40. The highest BCUT2D eigenvalue weighted by Gasteiger charge is 2.30. The van der Waals surface area contributed by atoms with Crippen LogP contribution in [0.4, 0.5) is 5.82 Å². The van der Waals surface area contributed by atoms with Crippen LogP contribution < -0.4 is 10.1 Å². The summed E-state index contributed by atoms with van der Waals surface area (Å²) in [4.78, 5) is 37.2. The first kappa shape index (κ1) is 30.7. The number of carbonyl (C=O) groups is 2. The number of pyridine rings is 1. The van der Waals surface area contributed by atoms with Gasteiger partial charge in [-0.15, -0.1) is 0 Å². The van der Waals surface area contributed by atoms with E-state index in [9.17, 15) is 9.59 Å². The number of amides is 2. The van der Waals surface area contributed by atoms with Gasteiger partial charge < -0.3 is 29.0 Å². The third kappa shape index (κ3) is 7.61. The molecule has 5 rings (SSSR count). The number of benzene rings is 1. The summed E-state index contributed by atoms with van der Waals surface area (Å²) in [7, 11) is 0. The highest BCUT2D eigenvalue weighted by molar-refractivity contribution is 6.00. The molecule has 1 aliphatic carbocycles. The average molecular weight is 590 g/mol. The number of aromatic nitrogens is 3. The highest BCUT2D eigenvalue weighted by atomic mass is 16.7. The van der Waals surface area contributed by atoms with Gasteiger partial charge in [0, 0.05) is 37.9 Å². The molecule has 2 aliphatic rings. The molecular weight excluding hydrogens is 546 g/mol. The van der Waals surface area contributed by atoms with E-state index >= 15 is 0 Å². The Morgan fingerprint density at radius 2 is 1.98 bits per heavy atom. The molecule has 0 bridgehead atoms. The molecule has 1 saturated heterocycles. The zero-order chi connectivity index (χ0) is 30.2. The molecule has 2 fully saturated rings. The van der Waals surface area contributed by atoms with Crippen molar-refractivity contribution >= 4 is 18.1 Å². The molecule has 3 aromatic rings. The molecule has 1 N–H and O–H groups in total. The lowest BCUT2D eigenvalue weighted by molar-refractivity contribution is -0.162. The molecule has 3 heterocycles. The Balaban J connectivity index is 1.43. The molecular formula is C33H43N5O5. The summed E-state index contributed by atoms with van der Waals surface area (Å²) in [5, 5.41) is 2.69. The van der Waals surface area contributed by atoms with Crippen molar-refractivity contribution in [1.82, 2.24) is 19.4 Å². The fourth-order valence-corrected chi connectivity index (χ4v) is 5.75. The largest absolute Gasteiger partial charge is 0.474 e. The van der Waals surface area contributed by atoms with E-state index in [1.807, 2.05) is 60.9 Å². The van der Waals surface area contributed by atoms with E-state index in [1.165, 1.54) is 0 Å². The molecule has 1 aromatic carbocycles. The lowest BCUT2D eigenvalue weighted by Gasteiger charge is -2.32. The number of nitrogens with zero attached hydrogens (tertiary/aromatic N) is 4. The van der Waals surface area contributed by atoms with Crippen LogP contribution in [0, 0.1) is 12.8 Å². The standard InChI is InChI=1S/C33H43N5O5/c1-4-37(16-10-18-42-29-13-8-9-17-41-29)33(40)30-31(34-22-39)36-32(38(30)21-25-11-6-5-7-12-25)27-14-15-28(35-24(27)3)43-26-19-23(2)20-26/h5-7,11-12,14-15,22-23,26,29H,4,8-10,13,16-21H2,1-3H3,(H,34,39). The van der Waals surface area contributed by atoms with Gasteiger partial charge in [0.2, 0.25) is 12.3 Å². The Bertz CT molecular complexity index is 1370. The van der Waals surface area contributed by atoms with Crippen LogP contribution in [0.15, 0.2) is 42.5 Å². The van der Waals surface area contributed by atoms with E-state index in [0.29, 0.717) is 62.4 Å². The lowest BCUT2D eigenvalue weighted by Crippen LogP contribution is -2.35. The maximum absolute atomic E-state index is 14.2. The third-order valence-electron chi connectivity index (χ3n) is 8.15. The summed E-state index contributed by atoms with van der Waals surface area (Å²) in [5.74, 6) is 1.83. The zero-order valence-electron chi connectivity index (χ0n) is 25.5. The van der Waals surface area contributed by atoms with Gasteiger partial charge in [0.15, 0.2) is 17.8 Å². The summed E-state index contributed by atoms with van der Waals surface area (Å²) in [6.45, 7) is 8.70. The summed E-state index contributed by atoms with van der Waals surface area (Å²) >= 11 is 0. The minimum Gasteiger partial charge on any atom is -0.474 e. The van der Waals surface area contributed by atoms with Crippen LogP contribution in [0.25, 0.3) is 11.4 Å². The number of aryl methyl sites for hydroxylation is 1. The predicted molar refractivity (Wildman–Crippen MR) is 164 cm³/mol. The molecule has 230 valence electrons. The molecule has 2 aromatic heterocycles. The highest BCUT2D eigenvalue weighted by Crippen LogP contribution is 2.33. The quantitative estimate of drug-likeness (QED) is 0.197. The van der Waals surface area contributed by atoms with E-state index in [0.717, 1.165) is 55.5 Å². The van der Waals surface area contributed by atoms with Gasteiger partial charge in [-0.3, -0.25) is 9.59 Å². The van der Waals surface area contributed by atoms with Crippen molar-refractivity contribution in [2.45, 2.75) is 78.2 Å². The first-order chi connectivity index (χ1) is 21.0. The van der Waals surface area contributed by atoms with Crippen LogP contribution in [0.5, 0.6) is 5.88 Å². The number of rotatable bonds is 14. The third-order valence-corrected chi connectivity index (χ3v) is 8.15. The van der Waals surface area contributed by atoms with Gasteiger partial charge in [-0.2, -0.15) is 0 Å². The molecule has 10 nitrogen and oxygen atoms in total. The second-order valence-corrected chi connectivity index (χ2v) is 11.5. The van der Waals surface area contributed by atoms with Gasteiger partial charge in [-0.05, 0) is 69.9 Å². The van der Waals surface area contributed by atoms with Crippen LogP contribution in [-0.4, -0.2) is 70.4 Å². The van der Waals surface area contributed by atoms with Gasteiger partial charge in [-0.1, -0.05) is 37.3 Å². The maximum Gasteiger partial charge on any atom is 0.274 e. The van der Waals surface area contributed by atoms with Gasteiger partial charge in [0.25, 0.3) is 5.91 Å². The van der Waals surface area contributed by atoms with Crippen LogP contribution in [0.2, 0.25) is 0 Å². The topological polar surface area (TPSA) is 108 Å². The number of hydrogen-bond donors (Lipinski definition) is 1. The van der Waals surface area contributed by atoms with E-state index < -0.39 is 0 Å². The Kier molecular flexibility index (Phi) is 10.4. The van der Waals surface area contributed by atoms with Crippen LogP contribution in [0.3, 0.4) is 0 Å². The monoisotopic (exact) mass is 589 g/mol. The van der Waals surface area contributed by atoms with Crippen LogP contribution in [-0.2, 0) is 20.8 Å². The Morgan fingerprint density at radius 1 is 1.16 bits per heavy atom. The van der Waals surface area contributed by atoms with E-state index in [1.54, 1.807) is 4.90 Å². The van der Waals surface area contributed by atoms with Crippen LogP contribution in [0.1, 0.15) is 74.1 Å². The minimum atomic E-state index is -0.208. The van der Waals surface area contributed by atoms with Gasteiger partial charge in [0.05, 0.1) is 12.3 Å². The number of carbonyl (C=O) groups excluding carboxylic acids is 2. The molecule has 1 aliphatic heterocycles. The van der Waals surface area contributed by atoms with Crippen molar-refractivity contribution in [2.75, 3.05) is 31.6 Å². The molecule has 1 atom stereocenters. The SMILES string of the molecule is CCN(CCCOC1CCCCO1)C(=O)c1c(NC=O)nc(-c2ccc(OC3CC(C)C3)nc2C)n1Cc1ccccc1. The van der Waals surface area contributed by atoms with Gasteiger partial charge >= 0.3 is 0 Å². The lowest BCUT2D eigenvalue weighted by atomic mass is 9.84. The number of nitrogens with one attached hydrogen (secondary N) is 1. The Hall–Kier alpha value is -3.76. The number of anilines is 1. The first-order valence-electron chi connectivity index (χ1n) is 15.5. The minimum absolute atomic E-state index is 0.163. The van der Waals surface area contributed by atoms with Crippen LogP contribution >= 0.6 is 0 Å². The fourth-order valence-electron chi connectivity index (χ4n) is 5.75. The number of ether oxygens (including phenoxy) is 3.